The largest absolute Gasteiger partial charge is 0.375 e. The highest BCUT2D eigenvalue weighted by Crippen LogP contribution is 2.23. The Hall–Kier alpha value is -1.84. The van der Waals surface area contributed by atoms with Gasteiger partial charge in [-0.3, -0.25) is 14.5 Å². The molecule has 0 spiro atoms. The third-order valence-electron chi connectivity index (χ3n) is 4.48. The van der Waals surface area contributed by atoms with Crippen LogP contribution in [0.5, 0.6) is 0 Å². The summed E-state index contributed by atoms with van der Waals surface area (Å²) in [4.78, 5) is 8.56. The molecule has 3 heterocycles. The van der Waals surface area contributed by atoms with E-state index in [4.69, 9.17) is 9.26 Å². The number of alkyl halides is 1. The molecule has 1 aliphatic rings. The third kappa shape index (κ3) is 4.62. The van der Waals surface area contributed by atoms with Gasteiger partial charge in [-0.05, 0) is 19.5 Å². The second kappa shape index (κ2) is 8.03. The first-order valence-corrected chi connectivity index (χ1v) is 8.39. The second-order valence-corrected chi connectivity index (χ2v) is 6.60. The van der Waals surface area contributed by atoms with Gasteiger partial charge in [0.15, 0.2) is 5.82 Å². The number of hydrogen-bond acceptors (Lipinski definition) is 7. The zero-order valence-electron chi connectivity index (χ0n) is 14.9. The average Bonchev–Trinajstić information content (AvgIpc) is 3.24. The summed E-state index contributed by atoms with van der Waals surface area (Å²) in [5.74, 6) is 1.08. The van der Waals surface area contributed by atoms with E-state index in [1.165, 1.54) is 0 Å². The summed E-state index contributed by atoms with van der Waals surface area (Å²) < 4.78 is 25.9. The third-order valence-corrected chi connectivity index (χ3v) is 4.48. The number of ether oxygens (including phenoxy) is 1. The molecule has 25 heavy (non-hydrogen) atoms. The first-order chi connectivity index (χ1) is 12.0. The van der Waals surface area contributed by atoms with Crippen molar-refractivity contribution in [3.63, 3.8) is 0 Å². The summed E-state index contributed by atoms with van der Waals surface area (Å²) in [7, 11) is 5.48. The van der Waals surface area contributed by atoms with Crippen LogP contribution in [0.4, 0.5) is 4.39 Å². The molecule has 3 rings (SSSR count). The van der Waals surface area contributed by atoms with E-state index in [0.29, 0.717) is 44.4 Å². The van der Waals surface area contributed by atoms with Crippen LogP contribution in [0.3, 0.4) is 0 Å². The van der Waals surface area contributed by atoms with E-state index >= 15 is 0 Å². The van der Waals surface area contributed by atoms with Gasteiger partial charge in [0.1, 0.15) is 12.8 Å². The number of likely N-dealkylation sites (tertiary alicyclic amines) is 1. The lowest BCUT2D eigenvalue weighted by Crippen LogP contribution is -2.38. The minimum Gasteiger partial charge on any atom is -0.375 e. The quantitative estimate of drug-likeness (QED) is 0.701. The van der Waals surface area contributed by atoms with E-state index in [-0.39, 0.29) is 6.04 Å². The van der Waals surface area contributed by atoms with Crippen molar-refractivity contribution in [2.75, 3.05) is 27.2 Å². The van der Waals surface area contributed by atoms with Gasteiger partial charge < -0.3 is 9.26 Å². The van der Waals surface area contributed by atoms with Crippen LogP contribution >= 0.6 is 0 Å². The van der Waals surface area contributed by atoms with Crippen molar-refractivity contribution in [3.05, 3.63) is 29.7 Å². The van der Waals surface area contributed by atoms with Crippen LogP contribution in [0.1, 0.15) is 23.8 Å². The Kier molecular flexibility index (Phi) is 5.77. The van der Waals surface area contributed by atoms with E-state index < -0.39 is 6.17 Å². The van der Waals surface area contributed by atoms with E-state index in [0.717, 1.165) is 12.2 Å². The second-order valence-electron chi connectivity index (χ2n) is 6.60. The van der Waals surface area contributed by atoms with Crippen LogP contribution in [-0.4, -0.2) is 69.2 Å². The summed E-state index contributed by atoms with van der Waals surface area (Å²) in [5.41, 5.74) is 1.09. The Labute approximate surface area is 146 Å². The Morgan fingerprint density at radius 1 is 1.48 bits per heavy atom. The SMILES string of the molecule is COCc1nc(CN(C)C[C@@H]2C[C@H](F)CN2Cc2ccnn2C)no1. The van der Waals surface area contributed by atoms with Gasteiger partial charge in [0.2, 0.25) is 0 Å². The lowest BCUT2D eigenvalue weighted by Gasteiger charge is -2.27. The lowest BCUT2D eigenvalue weighted by atomic mass is 10.2. The fraction of sp³-hybridized carbons (Fsp3) is 0.688. The molecule has 8 nitrogen and oxygen atoms in total. The van der Waals surface area contributed by atoms with Gasteiger partial charge >= 0.3 is 0 Å². The van der Waals surface area contributed by atoms with Crippen LogP contribution in [0.25, 0.3) is 0 Å². The maximum atomic E-state index is 14.0. The number of rotatable bonds is 8. The maximum absolute atomic E-state index is 14.0. The molecule has 2 atom stereocenters. The van der Waals surface area contributed by atoms with Gasteiger partial charge in [0.05, 0.1) is 12.2 Å². The van der Waals surface area contributed by atoms with Gasteiger partial charge in [-0.15, -0.1) is 0 Å². The van der Waals surface area contributed by atoms with E-state index in [1.54, 1.807) is 13.3 Å². The Morgan fingerprint density at radius 3 is 3.04 bits per heavy atom. The van der Waals surface area contributed by atoms with Crippen LogP contribution < -0.4 is 0 Å². The normalized spacial score (nSPS) is 21.5. The van der Waals surface area contributed by atoms with Crippen LogP contribution in [-0.2, 0) is 31.5 Å². The Morgan fingerprint density at radius 2 is 2.32 bits per heavy atom. The number of halogens is 1. The molecular formula is C16H25FN6O2. The van der Waals surface area contributed by atoms with Crippen LogP contribution in [0, 0.1) is 0 Å². The predicted octanol–water partition coefficient (Wildman–Crippen LogP) is 0.994. The van der Waals surface area contributed by atoms with E-state index in [1.807, 2.05) is 24.8 Å². The molecule has 0 saturated carbocycles. The number of nitrogens with zero attached hydrogens (tertiary/aromatic N) is 6. The zero-order chi connectivity index (χ0) is 17.8. The van der Waals surface area contributed by atoms with Gasteiger partial charge in [0, 0.05) is 46.0 Å². The molecule has 1 saturated heterocycles. The molecule has 2 aromatic rings. The van der Waals surface area contributed by atoms with Gasteiger partial charge in [0.25, 0.3) is 5.89 Å². The molecule has 138 valence electrons. The molecule has 1 fully saturated rings. The summed E-state index contributed by atoms with van der Waals surface area (Å²) in [5, 5.41) is 8.13. The molecule has 0 radical (unpaired) electrons. The Bertz CT molecular complexity index is 675. The Balaban J connectivity index is 1.56. The summed E-state index contributed by atoms with van der Waals surface area (Å²) in [6.07, 6.45) is 1.53. The highest BCUT2D eigenvalue weighted by atomic mass is 19.1. The molecule has 0 bridgehead atoms. The zero-order valence-corrected chi connectivity index (χ0v) is 14.9. The first-order valence-electron chi connectivity index (χ1n) is 8.39. The van der Waals surface area contributed by atoms with Crippen LogP contribution in [0.2, 0.25) is 0 Å². The van der Waals surface area contributed by atoms with Crippen molar-refractivity contribution in [1.29, 1.82) is 0 Å². The summed E-state index contributed by atoms with van der Waals surface area (Å²) in [6.45, 7) is 2.77. The topological polar surface area (TPSA) is 72.5 Å². The van der Waals surface area contributed by atoms with Crippen molar-refractivity contribution in [2.24, 2.45) is 7.05 Å². The van der Waals surface area contributed by atoms with Crippen molar-refractivity contribution in [2.45, 2.75) is 38.3 Å². The number of likely N-dealkylation sites (N-methyl/N-ethyl adjacent to an activating group) is 1. The average molecular weight is 352 g/mol. The smallest absolute Gasteiger partial charge is 0.252 e. The molecule has 1 aliphatic heterocycles. The lowest BCUT2D eigenvalue weighted by molar-refractivity contribution is 0.151. The molecular weight excluding hydrogens is 327 g/mol. The fourth-order valence-corrected chi connectivity index (χ4v) is 3.27. The molecule has 0 amide bonds. The minimum atomic E-state index is -0.787. The molecule has 9 heteroatoms. The molecule has 0 aromatic carbocycles. The first kappa shape index (κ1) is 18.0. The van der Waals surface area contributed by atoms with Gasteiger partial charge in [-0.25, -0.2) is 4.39 Å². The van der Waals surface area contributed by atoms with Crippen LogP contribution in [0.15, 0.2) is 16.8 Å². The standard InChI is InChI=1S/C16H25FN6O2/c1-21(10-15-19-16(11-24-3)25-20-15)8-14-6-12(17)7-23(14)9-13-4-5-18-22(13)2/h4-5,12,14H,6-11H2,1-3H3/t12-,14-/m0/s1. The molecule has 0 N–H and O–H groups in total. The van der Waals surface area contributed by atoms with Crippen molar-refractivity contribution >= 4 is 0 Å². The van der Waals surface area contributed by atoms with Crippen molar-refractivity contribution in [3.8, 4) is 0 Å². The number of aromatic nitrogens is 4. The summed E-state index contributed by atoms with van der Waals surface area (Å²) >= 11 is 0. The monoisotopic (exact) mass is 352 g/mol. The highest BCUT2D eigenvalue weighted by molar-refractivity contribution is 5.02. The fourth-order valence-electron chi connectivity index (χ4n) is 3.27. The minimum absolute atomic E-state index is 0.153. The number of aryl methyl sites for hydroxylation is 1. The van der Waals surface area contributed by atoms with Gasteiger partial charge in [-0.2, -0.15) is 10.1 Å². The molecule has 2 aromatic heterocycles. The predicted molar refractivity (Wildman–Crippen MR) is 88.3 cm³/mol. The number of methoxy groups -OCH3 is 1. The summed E-state index contributed by atoms with van der Waals surface area (Å²) in [6, 6.07) is 2.13. The van der Waals surface area contributed by atoms with Crippen molar-refractivity contribution in [1.82, 2.24) is 29.7 Å². The molecule has 0 unspecified atom stereocenters. The van der Waals surface area contributed by atoms with Crippen molar-refractivity contribution < 1.29 is 13.7 Å². The highest BCUT2D eigenvalue weighted by Gasteiger charge is 2.33. The van der Waals surface area contributed by atoms with E-state index in [9.17, 15) is 4.39 Å². The van der Waals surface area contributed by atoms with Gasteiger partial charge in [-0.1, -0.05) is 5.16 Å². The maximum Gasteiger partial charge on any atom is 0.252 e. The number of hydrogen-bond donors (Lipinski definition) is 0. The van der Waals surface area contributed by atoms with E-state index in [2.05, 4.69) is 25.0 Å². The molecule has 0 aliphatic carbocycles.